The second-order valence-corrected chi connectivity index (χ2v) is 6.48. The molecule has 0 aliphatic heterocycles. The van der Waals surface area contributed by atoms with Crippen molar-refractivity contribution < 1.29 is 13.9 Å². The summed E-state index contributed by atoms with van der Waals surface area (Å²) in [7, 11) is 0. The Balaban J connectivity index is 1.63. The highest BCUT2D eigenvalue weighted by molar-refractivity contribution is 9.10. The molecule has 2 aromatic rings. The molecule has 0 atom stereocenters. The van der Waals surface area contributed by atoms with Crippen LogP contribution in [0.2, 0.25) is 5.02 Å². The number of hydrogen-bond donors (Lipinski definition) is 1. The predicted octanol–water partition coefficient (Wildman–Crippen LogP) is 5.49. The number of carbonyl (C=O) groups excluding carboxylic acids is 1. The van der Waals surface area contributed by atoms with Gasteiger partial charge in [-0.15, -0.1) is 0 Å². The summed E-state index contributed by atoms with van der Waals surface area (Å²) in [6, 6.07) is 12.8. The molecule has 0 aliphatic rings. The molecule has 0 saturated heterocycles. The maximum Gasteiger partial charge on any atom is 0.407 e. The maximum atomic E-state index is 13.9. The van der Waals surface area contributed by atoms with E-state index in [0.29, 0.717) is 28.0 Å². The Morgan fingerprint density at radius 2 is 1.92 bits per heavy atom. The summed E-state index contributed by atoms with van der Waals surface area (Å²) in [5.41, 5.74) is 1.55. The van der Waals surface area contributed by atoms with Crippen molar-refractivity contribution in [1.29, 1.82) is 0 Å². The summed E-state index contributed by atoms with van der Waals surface area (Å²) in [6.45, 7) is 0.737. The monoisotopic (exact) mass is 413 g/mol. The van der Waals surface area contributed by atoms with E-state index in [1.54, 1.807) is 12.1 Å². The number of benzene rings is 2. The minimum Gasteiger partial charge on any atom is -0.445 e. The standard InChI is InChI=1S/C18H18BrClFNO2/c19-16-15(20)10-9-14(17(16)21)8-4-5-11-22-18(23)24-12-13-6-2-1-3-7-13/h1-3,6-7,9-10H,4-5,8,11-12H2,(H,22,23). The van der Waals surface area contributed by atoms with Crippen molar-refractivity contribution >= 4 is 33.6 Å². The number of ether oxygens (including phenoxy) is 1. The molecule has 0 spiro atoms. The van der Waals surface area contributed by atoms with Gasteiger partial charge in [0.1, 0.15) is 12.4 Å². The highest BCUT2D eigenvalue weighted by Gasteiger charge is 2.09. The zero-order valence-electron chi connectivity index (χ0n) is 13.0. The minimum atomic E-state index is -0.445. The number of amides is 1. The van der Waals surface area contributed by atoms with Crippen LogP contribution in [0, 0.1) is 5.82 Å². The molecule has 0 unspecified atom stereocenters. The fourth-order valence-corrected chi connectivity index (χ4v) is 2.70. The van der Waals surface area contributed by atoms with Gasteiger partial charge in [-0.05, 0) is 52.4 Å². The third-order valence-corrected chi connectivity index (χ3v) is 4.79. The number of nitrogens with one attached hydrogen (secondary N) is 1. The zero-order valence-corrected chi connectivity index (χ0v) is 15.4. The molecular formula is C18H18BrClFNO2. The SMILES string of the molecule is O=C(NCCCCc1ccc(Cl)c(Br)c1F)OCc1ccccc1. The Kier molecular flexibility index (Phi) is 7.53. The molecule has 0 aliphatic carbocycles. The summed E-state index contributed by atoms with van der Waals surface area (Å²) < 4.78 is 19.3. The van der Waals surface area contributed by atoms with Crippen LogP contribution in [0.3, 0.4) is 0 Å². The van der Waals surface area contributed by atoms with Gasteiger partial charge in [-0.2, -0.15) is 0 Å². The highest BCUT2D eigenvalue weighted by atomic mass is 79.9. The number of aryl methyl sites for hydroxylation is 1. The molecule has 0 bridgehead atoms. The normalized spacial score (nSPS) is 10.5. The number of rotatable bonds is 7. The minimum absolute atomic E-state index is 0.247. The van der Waals surface area contributed by atoms with Crippen LogP contribution in [0.25, 0.3) is 0 Å². The van der Waals surface area contributed by atoms with Crippen molar-refractivity contribution in [2.75, 3.05) is 6.54 Å². The number of alkyl carbamates (subject to hydrolysis) is 1. The van der Waals surface area contributed by atoms with Gasteiger partial charge in [-0.1, -0.05) is 48.0 Å². The van der Waals surface area contributed by atoms with Gasteiger partial charge in [0.2, 0.25) is 0 Å². The summed E-state index contributed by atoms with van der Waals surface area (Å²) in [4.78, 5) is 11.6. The molecule has 0 radical (unpaired) electrons. The van der Waals surface area contributed by atoms with Crippen LogP contribution in [0.15, 0.2) is 46.9 Å². The molecule has 0 aromatic heterocycles. The van der Waals surface area contributed by atoms with Crippen molar-refractivity contribution in [2.24, 2.45) is 0 Å². The van der Waals surface area contributed by atoms with Crippen molar-refractivity contribution in [3.63, 3.8) is 0 Å². The van der Waals surface area contributed by atoms with Crippen LogP contribution in [-0.4, -0.2) is 12.6 Å². The first kappa shape index (κ1) is 18.7. The summed E-state index contributed by atoms with van der Waals surface area (Å²) in [5.74, 6) is -0.322. The van der Waals surface area contributed by atoms with E-state index >= 15 is 0 Å². The number of halogens is 3. The lowest BCUT2D eigenvalue weighted by atomic mass is 10.1. The van der Waals surface area contributed by atoms with Crippen molar-refractivity contribution in [3.05, 3.63) is 68.9 Å². The summed E-state index contributed by atoms with van der Waals surface area (Å²) >= 11 is 8.96. The third-order valence-electron chi connectivity index (χ3n) is 3.47. The lowest BCUT2D eigenvalue weighted by Crippen LogP contribution is -2.25. The predicted molar refractivity (Wildman–Crippen MR) is 96.7 cm³/mol. The van der Waals surface area contributed by atoms with Crippen LogP contribution < -0.4 is 5.32 Å². The molecule has 24 heavy (non-hydrogen) atoms. The fraction of sp³-hybridized carbons (Fsp3) is 0.278. The van der Waals surface area contributed by atoms with Crippen LogP contribution in [-0.2, 0) is 17.8 Å². The summed E-state index contributed by atoms with van der Waals surface area (Å²) in [5, 5.41) is 3.05. The van der Waals surface area contributed by atoms with Crippen LogP contribution >= 0.6 is 27.5 Å². The van der Waals surface area contributed by atoms with Crippen LogP contribution in [0.5, 0.6) is 0 Å². The topological polar surface area (TPSA) is 38.3 Å². The third kappa shape index (κ3) is 5.80. The highest BCUT2D eigenvalue weighted by Crippen LogP contribution is 2.28. The molecular weight excluding hydrogens is 397 g/mol. The van der Waals surface area contributed by atoms with Gasteiger partial charge in [0.05, 0.1) is 9.50 Å². The van der Waals surface area contributed by atoms with Gasteiger partial charge in [0, 0.05) is 6.54 Å². The molecule has 0 fully saturated rings. The summed E-state index contributed by atoms with van der Waals surface area (Å²) in [6.07, 6.45) is 1.63. The van der Waals surface area contributed by atoms with E-state index in [-0.39, 0.29) is 12.4 Å². The Hall–Kier alpha value is -1.59. The second kappa shape index (κ2) is 9.64. The first-order valence-electron chi connectivity index (χ1n) is 7.65. The quantitative estimate of drug-likeness (QED) is 0.480. The zero-order chi connectivity index (χ0) is 17.4. The Labute approximate surface area is 154 Å². The van der Waals surface area contributed by atoms with Crippen LogP contribution in [0.1, 0.15) is 24.0 Å². The van der Waals surface area contributed by atoms with E-state index in [4.69, 9.17) is 16.3 Å². The first-order valence-corrected chi connectivity index (χ1v) is 8.82. The van der Waals surface area contributed by atoms with E-state index in [2.05, 4.69) is 21.2 Å². The number of hydrogen-bond acceptors (Lipinski definition) is 2. The van der Waals surface area contributed by atoms with Crippen molar-refractivity contribution in [1.82, 2.24) is 5.32 Å². The van der Waals surface area contributed by atoms with Gasteiger partial charge in [0.15, 0.2) is 0 Å². The van der Waals surface area contributed by atoms with Gasteiger partial charge >= 0.3 is 6.09 Å². The van der Waals surface area contributed by atoms with E-state index < -0.39 is 6.09 Å². The maximum absolute atomic E-state index is 13.9. The molecule has 1 N–H and O–H groups in total. The molecule has 0 heterocycles. The lowest BCUT2D eigenvalue weighted by Gasteiger charge is -2.08. The Bertz CT molecular complexity index is 682. The molecule has 3 nitrogen and oxygen atoms in total. The molecule has 2 rings (SSSR count). The second-order valence-electron chi connectivity index (χ2n) is 5.28. The van der Waals surface area contributed by atoms with E-state index in [9.17, 15) is 9.18 Å². The van der Waals surface area contributed by atoms with Crippen molar-refractivity contribution in [3.8, 4) is 0 Å². The molecule has 128 valence electrons. The first-order chi connectivity index (χ1) is 11.6. The number of unbranched alkanes of at least 4 members (excludes halogenated alkanes) is 1. The largest absolute Gasteiger partial charge is 0.445 e. The average molecular weight is 415 g/mol. The van der Waals surface area contributed by atoms with E-state index in [0.717, 1.165) is 18.4 Å². The average Bonchev–Trinajstić information content (AvgIpc) is 2.60. The molecule has 2 aromatic carbocycles. The Morgan fingerprint density at radius 1 is 1.17 bits per heavy atom. The van der Waals surface area contributed by atoms with Crippen LogP contribution in [0.4, 0.5) is 9.18 Å². The van der Waals surface area contributed by atoms with E-state index in [1.807, 2.05) is 30.3 Å². The van der Waals surface area contributed by atoms with E-state index in [1.165, 1.54) is 0 Å². The molecule has 6 heteroatoms. The van der Waals surface area contributed by atoms with Gasteiger partial charge in [-0.3, -0.25) is 0 Å². The lowest BCUT2D eigenvalue weighted by molar-refractivity contribution is 0.139. The Morgan fingerprint density at radius 3 is 2.67 bits per heavy atom. The van der Waals surface area contributed by atoms with Gasteiger partial charge < -0.3 is 10.1 Å². The smallest absolute Gasteiger partial charge is 0.407 e. The number of carbonyl (C=O) groups is 1. The molecule has 0 saturated carbocycles. The van der Waals surface area contributed by atoms with Crippen molar-refractivity contribution in [2.45, 2.75) is 25.9 Å². The van der Waals surface area contributed by atoms with Gasteiger partial charge in [0.25, 0.3) is 0 Å². The van der Waals surface area contributed by atoms with Gasteiger partial charge in [-0.25, -0.2) is 9.18 Å². The molecule has 1 amide bonds. The fourth-order valence-electron chi connectivity index (χ4n) is 2.16.